The summed E-state index contributed by atoms with van der Waals surface area (Å²) in [4.78, 5) is 38.9. The molecule has 1 heterocycles. The van der Waals surface area contributed by atoms with Crippen molar-refractivity contribution in [1.82, 2.24) is 4.90 Å². The van der Waals surface area contributed by atoms with Crippen LogP contribution in [0, 0.1) is 0 Å². The van der Waals surface area contributed by atoms with E-state index < -0.39 is 35.3 Å². The molecule has 0 saturated carbocycles. The molecule has 1 N–H and O–H groups in total. The van der Waals surface area contributed by atoms with Crippen LogP contribution < -0.4 is 14.8 Å². The second-order valence-electron chi connectivity index (χ2n) is 8.58. The molecule has 0 spiro atoms. The molecule has 4 rings (SSSR count). The Hall–Kier alpha value is -2.71. The van der Waals surface area contributed by atoms with Crippen molar-refractivity contribution in [3.63, 3.8) is 0 Å². The first-order chi connectivity index (χ1) is 19.8. The van der Waals surface area contributed by atoms with Gasteiger partial charge in [-0.2, -0.15) is 13.2 Å². The largest absolute Gasteiger partial charge is 0.495 e. The fourth-order valence-electron chi connectivity index (χ4n) is 3.69. The van der Waals surface area contributed by atoms with Gasteiger partial charge in [0.05, 0.1) is 42.3 Å². The van der Waals surface area contributed by atoms with Gasteiger partial charge in [0.1, 0.15) is 24.7 Å². The molecule has 3 aromatic carbocycles. The van der Waals surface area contributed by atoms with Crippen LogP contribution in [0.3, 0.4) is 0 Å². The molecule has 0 aromatic heterocycles. The molecule has 220 valence electrons. The number of halogens is 7. The summed E-state index contributed by atoms with van der Waals surface area (Å²) in [6.45, 7) is -0.517. The van der Waals surface area contributed by atoms with Crippen LogP contribution in [0.4, 0.5) is 23.7 Å². The minimum atomic E-state index is -4.65. The number of carbonyl (C=O) groups excluding carboxylic acids is 3. The maximum Gasteiger partial charge on any atom is 0.416 e. The highest BCUT2D eigenvalue weighted by molar-refractivity contribution is 9.11. The lowest BCUT2D eigenvalue weighted by molar-refractivity contribution is -0.137. The van der Waals surface area contributed by atoms with Gasteiger partial charge in [0, 0.05) is 0 Å². The molecule has 0 radical (unpaired) electrons. The molecule has 0 atom stereocenters. The molecule has 0 unspecified atom stereocenters. The topological polar surface area (TPSA) is 84.9 Å². The normalized spacial score (nSPS) is 14.5. The van der Waals surface area contributed by atoms with Gasteiger partial charge in [-0.3, -0.25) is 19.3 Å². The maximum absolute atomic E-state index is 13.1. The number of alkyl halides is 3. The highest BCUT2D eigenvalue weighted by atomic mass is 79.9. The number of hydrogen-bond donors (Lipinski definition) is 1. The van der Waals surface area contributed by atoms with Crippen molar-refractivity contribution in [2.45, 2.75) is 12.8 Å². The van der Waals surface area contributed by atoms with Crippen molar-refractivity contribution in [3.8, 4) is 11.5 Å². The molecule has 1 aliphatic heterocycles. The van der Waals surface area contributed by atoms with E-state index in [0.717, 1.165) is 17.7 Å². The number of anilines is 1. The Bertz CT molecular complexity index is 1600. The van der Waals surface area contributed by atoms with Gasteiger partial charge >= 0.3 is 6.18 Å². The average molecular weight is 769 g/mol. The molecule has 1 fully saturated rings. The number of rotatable bonds is 8. The van der Waals surface area contributed by atoms with Gasteiger partial charge < -0.3 is 14.8 Å². The highest BCUT2D eigenvalue weighted by Crippen LogP contribution is 2.39. The van der Waals surface area contributed by atoms with E-state index >= 15 is 0 Å². The Morgan fingerprint density at radius 3 is 2.36 bits per heavy atom. The van der Waals surface area contributed by atoms with Gasteiger partial charge in [0.25, 0.3) is 11.1 Å². The van der Waals surface area contributed by atoms with Crippen molar-refractivity contribution in [1.29, 1.82) is 0 Å². The second kappa shape index (κ2) is 13.3. The summed E-state index contributed by atoms with van der Waals surface area (Å²) in [6.07, 6.45) is -3.18. The average Bonchev–Trinajstić information content (AvgIpc) is 3.16. The van der Waals surface area contributed by atoms with Crippen molar-refractivity contribution >= 4 is 95.6 Å². The number of methoxy groups -OCH3 is 1. The Balaban J connectivity index is 1.45. The molecule has 1 aliphatic rings. The van der Waals surface area contributed by atoms with Gasteiger partial charge in [0.2, 0.25) is 5.91 Å². The minimum absolute atomic E-state index is 0.0223. The van der Waals surface area contributed by atoms with Crippen LogP contribution >= 0.6 is 66.8 Å². The molecule has 15 heteroatoms. The number of thioether (sulfide) groups is 1. The fourth-order valence-corrected chi connectivity index (χ4v) is 6.30. The van der Waals surface area contributed by atoms with Gasteiger partial charge in [-0.05, 0) is 103 Å². The quantitative estimate of drug-likeness (QED) is 0.231. The number of hydrogen-bond acceptors (Lipinski definition) is 6. The molecular weight excluding hydrogens is 752 g/mol. The third kappa shape index (κ3) is 7.62. The lowest BCUT2D eigenvalue weighted by atomic mass is 10.1. The van der Waals surface area contributed by atoms with Crippen molar-refractivity contribution in [2.75, 3.05) is 19.0 Å². The maximum atomic E-state index is 13.1. The zero-order valence-electron chi connectivity index (χ0n) is 21.2. The third-order valence-corrected chi connectivity index (χ3v) is 8.49. The van der Waals surface area contributed by atoms with Crippen LogP contribution in [-0.2, 0) is 22.4 Å². The van der Waals surface area contributed by atoms with Gasteiger partial charge in [0.15, 0.2) is 0 Å². The van der Waals surface area contributed by atoms with E-state index in [-0.39, 0.29) is 22.9 Å². The van der Waals surface area contributed by atoms with E-state index in [2.05, 4.69) is 37.2 Å². The summed E-state index contributed by atoms with van der Waals surface area (Å²) in [7, 11) is 1.23. The summed E-state index contributed by atoms with van der Waals surface area (Å²) < 4.78 is 51.4. The first kappa shape index (κ1) is 32.2. The van der Waals surface area contributed by atoms with Crippen LogP contribution in [0.1, 0.15) is 16.7 Å². The van der Waals surface area contributed by atoms with Crippen LogP contribution in [-0.4, -0.2) is 35.6 Å². The Morgan fingerprint density at radius 1 is 1.05 bits per heavy atom. The van der Waals surface area contributed by atoms with Crippen LogP contribution in [0.15, 0.2) is 62.4 Å². The Morgan fingerprint density at radius 2 is 1.74 bits per heavy atom. The Kier molecular flexibility index (Phi) is 10.2. The zero-order chi connectivity index (χ0) is 30.8. The molecule has 0 bridgehead atoms. The first-order valence-electron chi connectivity index (χ1n) is 11.6. The Labute approximate surface area is 268 Å². The summed E-state index contributed by atoms with van der Waals surface area (Å²) in [5.41, 5.74) is 0.0719. The summed E-state index contributed by atoms with van der Waals surface area (Å²) >= 11 is 19.5. The standard InChI is InChI=1S/C27H17Br2Cl2F3N2O5S/c1-40-21-5-3-15(27(32,33)34)10-20(21)35-23(37)11-36-25(38)22(42-26(36)39)9-14-6-16(28)24(17(29)7-14)41-12-13-2-4-18(30)19(31)8-13/h2-10H,11-12H2,1H3,(H,35,37)/b22-9-. The summed E-state index contributed by atoms with van der Waals surface area (Å²) in [5, 5.41) is 2.39. The smallest absolute Gasteiger partial charge is 0.416 e. The van der Waals surface area contributed by atoms with E-state index in [0.29, 0.717) is 53.0 Å². The van der Waals surface area contributed by atoms with Crippen molar-refractivity contribution in [3.05, 3.63) is 89.1 Å². The molecule has 3 amide bonds. The van der Waals surface area contributed by atoms with E-state index in [4.69, 9.17) is 32.7 Å². The fraction of sp³-hybridized carbons (Fsp3) is 0.148. The van der Waals surface area contributed by atoms with Crippen LogP contribution in [0.5, 0.6) is 11.5 Å². The number of amides is 3. The van der Waals surface area contributed by atoms with E-state index in [1.54, 1.807) is 30.3 Å². The number of ether oxygens (including phenoxy) is 2. The minimum Gasteiger partial charge on any atom is -0.495 e. The summed E-state index contributed by atoms with van der Waals surface area (Å²) in [5.74, 6) is -1.16. The van der Waals surface area contributed by atoms with Crippen LogP contribution in [0.25, 0.3) is 6.08 Å². The molecule has 3 aromatic rings. The predicted octanol–water partition coefficient (Wildman–Crippen LogP) is 8.80. The van der Waals surface area contributed by atoms with Crippen molar-refractivity contribution in [2.24, 2.45) is 0 Å². The third-order valence-electron chi connectivity index (χ3n) is 5.66. The van der Waals surface area contributed by atoms with Gasteiger partial charge in [-0.25, -0.2) is 0 Å². The van der Waals surface area contributed by atoms with E-state index in [1.807, 2.05) is 0 Å². The summed E-state index contributed by atoms with van der Waals surface area (Å²) in [6, 6.07) is 11.0. The van der Waals surface area contributed by atoms with E-state index in [1.165, 1.54) is 13.2 Å². The molecule has 7 nitrogen and oxygen atoms in total. The molecular formula is C27H17Br2Cl2F3N2O5S. The SMILES string of the molecule is COc1ccc(C(F)(F)F)cc1NC(=O)CN1C(=O)S/C(=C\c2cc(Br)c(OCc3ccc(Cl)c(Cl)c3)c(Br)c2)C1=O. The van der Waals surface area contributed by atoms with Gasteiger partial charge in [-0.15, -0.1) is 0 Å². The second-order valence-corrected chi connectivity index (χ2v) is 12.1. The number of nitrogens with zero attached hydrogens (tertiary/aromatic N) is 1. The van der Waals surface area contributed by atoms with E-state index in [9.17, 15) is 27.6 Å². The van der Waals surface area contributed by atoms with Gasteiger partial charge in [-0.1, -0.05) is 29.3 Å². The monoisotopic (exact) mass is 766 g/mol. The highest BCUT2D eigenvalue weighted by Gasteiger charge is 2.37. The predicted molar refractivity (Wildman–Crippen MR) is 162 cm³/mol. The zero-order valence-corrected chi connectivity index (χ0v) is 26.7. The number of nitrogens with one attached hydrogen (secondary N) is 1. The molecule has 1 saturated heterocycles. The number of carbonyl (C=O) groups is 3. The van der Waals surface area contributed by atoms with Crippen molar-refractivity contribution < 1.29 is 37.0 Å². The first-order valence-corrected chi connectivity index (χ1v) is 14.8. The molecule has 42 heavy (non-hydrogen) atoms. The molecule has 0 aliphatic carbocycles. The lowest BCUT2D eigenvalue weighted by Gasteiger charge is -2.16. The van der Waals surface area contributed by atoms with Crippen LogP contribution in [0.2, 0.25) is 10.0 Å². The number of benzene rings is 3. The number of imide groups is 1. The lowest BCUT2D eigenvalue weighted by Crippen LogP contribution is -2.36.